The number of hydrogen-bond acceptors (Lipinski definition) is 4. The van der Waals surface area contributed by atoms with Gasteiger partial charge in [-0.1, -0.05) is 12.1 Å². The van der Waals surface area contributed by atoms with Gasteiger partial charge in [-0.2, -0.15) is 5.10 Å². The summed E-state index contributed by atoms with van der Waals surface area (Å²) in [6.07, 6.45) is 1.00. The molecule has 1 N–H and O–H groups in total. The topological polar surface area (TPSA) is 59.8 Å². The molecule has 0 spiro atoms. The summed E-state index contributed by atoms with van der Waals surface area (Å²) in [5.74, 6) is -0.372. The average molecular weight is 421 g/mol. The van der Waals surface area contributed by atoms with Crippen molar-refractivity contribution in [2.75, 3.05) is 5.32 Å². The molecule has 0 aliphatic heterocycles. The van der Waals surface area contributed by atoms with Crippen molar-refractivity contribution in [2.45, 2.75) is 26.7 Å². The standard InChI is InChI=1S/C23H21FN4OS/c1-15-13-16(2)28(27-15)20-10-3-17(4-11-20)5-12-22(29)26-23-25-21(14-30-23)18-6-8-19(24)9-7-18/h3-4,6-11,13-14H,5,12H2,1-2H3,(H,25,26,29). The first-order chi connectivity index (χ1) is 14.5. The first kappa shape index (κ1) is 20.0. The molecule has 152 valence electrons. The van der Waals surface area contributed by atoms with E-state index in [1.54, 1.807) is 12.1 Å². The molecule has 0 aliphatic carbocycles. The fourth-order valence-electron chi connectivity index (χ4n) is 3.22. The van der Waals surface area contributed by atoms with Crippen LogP contribution in [0, 0.1) is 19.7 Å². The van der Waals surface area contributed by atoms with E-state index in [1.807, 2.05) is 54.2 Å². The van der Waals surface area contributed by atoms with E-state index in [-0.39, 0.29) is 11.7 Å². The Hall–Kier alpha value is -3.32. The zero-order chi connectivity index (χ0) is 21.1. The predicted molar refractivity (Wildman–Crippen MR) is 117 cm³/mol. The molecule has 2 aromatic heterocycles. The van der Waals surface area contributed by atoms with Gasteiger partial charge in [-0.25, -0.2) is 14.1 Å². The van der Waals surface area contributed by atoms with Gasteiger partial charge in [0.15, 0.2) is 5.13 Å². The number of nitrogens with one attached hydrogen (secondary N) is 1. The van der Waals surface area contributed by atoms with Gasteiger partial charge in [-0.3, -0.25) is 4.79 Å². The highest BCUT2D eigenvalue weighted by Crippen LogP contribution is 2.25. The van der Waals surface area contributed by atoms with Crippen molar-refractivity contribution in [3.8, 4) is 16.9 Å². The minimum atomic E-state index is -0.287. The molecule has 2 heterocycles. The summed E-state index contributed by atoms with van der Waals surface area (Å²) in [7, 11) is 0. The molecule has 0 bridgehead atoms. The number of benzene rings is 2. The Morgan fingerprint density at radius 2 is 1.83 bits per heavy atom. The maximum absolute atomic E-state index is 13.1. The summed E-state index contributed by atoms with van der Waals surface area (Å²) in [5.41, 5.74) is 5.69. The van der Waals surface area contributed by atoms with Crippen LogP contribution in [0.2, 0.25) is 0 Å². The Labute approximate surface area is 178 Å². The lowest BCUT2D eigenvalue weighted by atomic mass is 10.1. The summed E-state index contributed by atoms with van der Waals surface area (Å²) >= 11 is 1.35. The molecule has 0 radical (unpaired) electrons. The van der Waals surface area contributed by atoms with Crippen LogP contribution >= 0.6 is 11.3 Å². The van der Waals surface area contributed by atoms with Crippen molar-refractivity contribution < 1.29 is 9.18 Å². The van der Waals surface area contributed by atoms with Crippen LogP contribution in [0.3, 0.4) is 0 Å². The minimum Gasteiger partial charge on any atom is -0.302 e. The lowest BCUT2D eigenvalue weighted by Gasteiger charge is -2.06. The van der Waals surface area contributed by atoms with Gasteiger partial charge in [0.1, 0.15) is 5.82 Å². The van der Waals surface area contributed by atoms with Crippen LogP contribution in [0.5, 0.6) is 0 Å². The SMILES string of the molecule is Cc1cc(C)n(-c2ccc(CCC(=O)Nc3nc(-c4ccc(F)cc4)cs3)cc2)n1. The molecule has 0 saturated carbocycles. The van der Waals surface area contributed by atoms with Crippen LogP contribution in [0.4, 0.5) is 9.52 Å². The number of anilines is 1. The summed E-state index contributed by atoms with van der Waals surface area (Å²) < 4.78 is 15.0. The largest absolute Gasteiger partial charge is 0.302 e. The maximum Gasteiger partial charge on any atom is 0.226 e. The van der Waals surface area contributed by atoms with Crippen LogP contribution in [-0.2, 0) is 11.2 Å². The first-order valence-corrected chi connectivity index (χ1v) is 10.5. The number of rotatable bonds is 6. The highest BCUT2D eigenvalue weighted by Gasteiger charge is 2.09. The summed E-state index contributed by atoms with van der Waals surface area (Å²) in [6, 6.07) is 16.3. The number of carbonyl (C=O) groups excluding carboxylic acids is 1. The third-order valence-electron chi connectivity index (χ3n) is 4.72. The molecule has 1 amide bonds. The Morgan fingerprint density at radius 1 is 1.10 bits per heavy atom. The van der Waals surface area contributed by atoms with Crippen molar-refractivity contribution in [1.29, 1.82) is 0 Å². The van der Waals surface area contributed by atoms with Crippen molar-refractivity contribution in [3.05, 3.63) is 82.7 Å². The Kier molecular flexibility index (Phi) is 5.72. The molecular weight excluding hydrogens is 399 g/mol. The first-order valence-electron chi connectivity index (χ1n) is 9.62. The van der Waals surface area contributed by atoms with Gasteiger partial charge in [-0.15, -0.1) is 11.3 Å². The summed E-state index contributed by atoms with van der Waals surface area (Å²) in [6.45, 7) is 4.00. The molecule has 0 fully saturated rings. The summed E-state index contributed by atoms with van der Waals surface area (Å²) in [4.78, 5) is 16.7. The number of nitrogens with zero attached hydrogens (tertiary/aromatic N) is 3. The van der Waals surface area contributed by atoms with E-state index in [0.29, 0.717) is 18.0 Å². The third-order valence-corrected chi connectivity index (χ3v) is 5.48. The van der Waals surface area contributed by atoms with Gasteiger partial charge in [-0.05, 0) is 68.3 Å². The number of hydrogen-bond donors (Lipinski definition) is 1. The second-order valence-corrected chi connectivity index (χ2v) is 7.96. The quantitative estimate of drug-likeness (QED) is 0.459. The van der Waals surface area contributed by atoms with E-state index in [9.17, 15) is 9.18 Å². The van der Waals surface area contributed by atoms with Gasteiger partial charge in [0.25, 0.3) is 0 Å². The smallest absolute Gasteiger partial charge is 0.226 e. The van der Waals surface area contributed by atoms with Gasteiger partial charge < -0.3 is 5.32 Å². The summed E-state index contributed by atoms with van der Waals surface area (Å²) in [5, 5.41) is 9.72. The van der Waals surface area contributed by atoms with E-state index in [0.717, 1.165) is 33.9 Å². The molecule has 0 saturated heterocycles. The molecular formula is C23H21FN4OS. The van der Waals surface area contributed by atoms with Crippen molar-refractivity contribution in [1.82, 2.24) is 14.8 Å². The van der Waals surface area contributed by atoms with Gasteiger partial charge in [0.05, 0.1) is 17.1 Å². The highest BCUT2D eigenvalue weighted by molar-refractivity contribution is 7.14. The lowest BCUT2D eigenvalue weighted by Crippen LogP contribution is -2.12. The van der Waals surface area contributed by atoms with E-state index in [1.165, 1.54) is 23.5 Å². The van der Waals surface area contributed by atoms with Crippen LogP contribution in [-0.4, -0.2) is 20.7 Å². The van der Waals surface area contributed by atoms with Gasteiger partial charge in [0, 0.05) is 23.1 Å². The predicted octanol–water partition coefficient (Wildman–Crippen LogP) is 5.32. The normalized spacial score (nSPS) is 10.9. The number of aryl methyl sites for hydroxylation is 3. The number of thiazole rings is 1. The molecule has 4 aromatic rings. The van der Waals surface area contributed by atoms with Crippen LogP contribution in [0.25, 0.3) is 16.9 Å². The second-order valence-electron chi connectivity index (χ2n) is 7.10. The van der Waals surface area contributed by atoms with Gasteiger partial charge in [0.2, 0.25) is 5.91 Å². The van der Waals surface area contributed by atoms with Crippen molar-refractivity contribution in [3.63, 3.8) is 0 Å². The van der Waals surface area contributed by atoms with E-state index < -0.39 is 0 Å². The number of aromatic nitrogens is 3. The minimum absolute atomic E-state index is 0.0855. The van der Waals surface area contributed by atoms with Crippen LogP contribution in [0.1, 0.15) is 23.4 Å². The zero-order valence-corrected chi connectivity index (χ0v) is 17.5. The Bertz CT molecular complexity index is 1160. The molecule has 2 aromatic carbocycles. The lowest BCUT2D eigenvalue weighted by molar-refractivity contribution is -0.116. The molecule has 0 aliphatic rings. The van der Waals surface area contributed by atoms with Crippen molar-refractivity contribution >= 4 is 22.4 Å². The highest BCUT2D eigenvalue weighted by atomic mass is 32.1. The fourth-order valence-corrected chi connectivity index (χ4v) is 3.95. The average Bonchev–Trinajstić information content (AvgIpc) is 3.33. The molecule has 0 unspecified atom stereocenters. The monoisotopic (exact) mass is 420 g/mol. The number of amides is 1. The van der Waals surface area contributed by atoms with E-state index >= 15 is 0 Å². The number of carbonyl (C=O) groups is 1. The fraction of sp³-hybridized carbons (Fsp3) is 0.174. The van der Waals surface area contributed by atoms with Crippen LogP contribution < -0.4 is 5.32 Å². The Balaban J connectivity index is 1.33. The third kappa shape index (κ3) is 4.63. The zero-order valence-electron chi connectivity index (χ0n) is 16.7. The van der Waals surface area contributed by atoms with Crippen LogP contribution in [0.15, 0.2) is 60.0 Å². The second kappa shape index (κ2) is 8.59. The van der Waals surface area contributed by atoms with E-state index in [4.69, 9.17) is 0 Å². The molecule has 4 rings (SSSR count). The van der Waals surface area contributed by atoms with Crippen molar-refractivity contribution in [2.24, 2.45) is 0 Å². The molecule has 0 atom stereocenters. The maximum atomic E-state index is 13.1. The number of halogens is 1. The molecule has 5 nitrogen and oxygen atoms in total. The molecule has 30 heavy (non-hydrogen) atoms. The van der Waals surface area contributed by atoms with Gasteiger partial charge >= 0.3 is 0 Å². The molecule has 7 heteroatoms. The van der Waals surface area contributed by atoms with E-state index in [2.05, 4.69) is 15.4 Å². The Morgan fingerprint density at radius 3 is 2.50 bits per heavy atom.